The summed E-state index contributed by atoms with van der Waals surface area (Å²) in [7, 11) is 3.39. The molecule has 2 nitrogen and oxygen atoms in total. The Hall–Kier alpha value is -2.22. The minimum absolute atomic E-state index is 0.381. The summed E-state index contributed by atoms with van der Waals surface area (Å²) in [6, 6.07) is 23.1. The van der Waals surface area contributed by atoms with Gasteiger partial charge in [-0.15, -0.1) is 0 Å². The summed E-state index contributed by atoms with van der Waals surface area (Å²) in [6.45, 7) is 0. The molecule has 3 aromatic carbocycles. The predicted molar refractivity (Wildman–Crippen MR) is 102 cm³/mol. The molecule has 3 heteroatoms. The summed E-state index contributed by atoms with van der Waals surface area (Å²) in [6.07, 6.45) is 0. The Morgan fingerprint density at radius 2 is 1.04 bits per heavy atom. The van der Waals surface area contributed by atoms with E-state index in [4.69, 9.17) is 9.47 Å². The third-order valence-corrected chi connectivity index (χ3v) is 5.80. The van der Waals surface area contributed by atoms with Gasteiger partial charge in [0.05, 0.1) is 0 Å². The van der Waals surface area contributed by atoms with Crippen molar-refractivity contribution in [3.63, 3.8) is 0 Å². The van der Waals surface area contributed by atoms with E-state index in [0.717, 1.165) is 11.5 Å². The first-order valence-corrected chi connectivity index (χ1v) is 10.3. The fraction of sp³-hybridized carbons (Fsp3) is 0.143. The summed E-state index contributed by atoms with van der Waals surface area (Å²) in [5, 5.41) is 0. The molecule has 0 heterocycles. The summed E-state index contributed by atoms with van der Waals surface area (Å²) >= 11 is 0.381. The summed E-state index contributed by atoms with van der Waals surface area (Å²) in [5.74, 6) is 4.03. The van der Waals surface area contributed by atoms with Crippen LogP contribution in [0.15, 0.2) is 66.7 Å². The molecule has 0 atom stereocenters. The van der Waals surface area contributed by atoms with Gasteiger partial charge < -0.3 is 0 Å². The van der Waals surface area contributed by atoms with Crippen molar-refractivity contribution in [2.75, 3.05) is 14.2 Å². The van der Waals surface area contributed by atoms with Crippen molar-refractivity contribution >= 4 is 19.4 Å². The number of rotatable bonds is 5. The Bertz CT molecular complexity index is 742. The molecule has 0 N–H and O–H groups in total. The van der Waals surface area contributed by atoms with E-state index >= 15 is 0 Å². The monoisotopic (exact) mass is 384 g/mol. The van der Waals surface area contributed by atoms with Crippen LogP contribution in [0.5, 0.6) is 11.5 Å². The fourth-order valence-electron chi connectivity index (χ4n) is 2.75. The Kier molecular flexibility index (Phi) is 5.24. The van der Waals surface area contributed by atoms with Gasteiger partial charge in [0.1, 0.15) is 0 Å². The van der Waals surface area contributed by atoms with Crippen LogP contribution in [0.2, 0.25) is 5.82 Å². The SMILES string of the molecule is COc1ccc(-c2cccc(-c3ccc(OC)cc3)c2[Se]C)cc1. The maximum atomic E-state index is 5.27. The van der Waals surface area contributed by atoms with Crippen molar-refractivity contribution < 1.29 is 9.47 Å². The van der Waals surface area contributed by atoms with E-state index in [2.05, 4.69) is 48.3 Å². The van der Waals surface area contributed by atoms with Gasteiger partial charge in [-0.25, -0.2) is 0 Å². The van der Waals surface area contributed by atoms with Gasteiger partial charge in [0, 0.05) is 0 Å². The van der Waals surface area contributed by atoms with Gasteiger partial charge in [-0.1, -0.05) is 0 Å². The molecule has 122 valence electrons. The zero-order valence-electron chi connectivity index (χ0n) is 14.1. The summed E-state index contributed by atoms with van der Waals surface area (Å²) in [5.41, 5.74) is 5.05. The van der Waals surface area contributed by atoms with Crippen LogP contribution in [0, 0.1) is 0 Å². The zero-order valence-corrected chi connectivity index (χ0v) is 15.8. The van der Waals surface area contributed by atoms with E-state index < -0.39 is 0 Å². The second kappa shape index (κ2) is 7.57. The molecular formula is C21H20O2Se. The minimum atomic E-state index is 0.381. The van der Waals surface area contributed by atoms with Crippen LogP contribution in [0.1, 0.15) is 0 Å². The second-order valence-electron chi connectivity index (χ2n) is 5.34. The first-order chi connectivity index (χ1) is 11.8. The molecule has 0 fully saturated rings. The molecule has 0 aliphatic rings. The van der Waals surface area contributed by atoms with E-state index in [0.29, 0.717) is 15.0 Å². The van der Waals surface area contributed by atoms with Crippen molar-refractivity contribution in [3.05, 3.63) is 66.7 Å². The third-order valence-electron chi connectivity index (χ3n) is 4.02. The van der Waals surface area contributed by atoms with E-state index in [1.165, 1.54) is 26.7 Å². The Balaban J connectivity index is 2.07. The van der Waals surface area contributed by atoms with Crippen molar-refractivity contribution in [1.82, 2.24) is 0 Å². The van der Waals surface area contributed by atoms with Gasteiger partial charge in [0.2, 0.25) is 0 Å². The first-order valence-electron chi connectivity index (χ1n) is 7.72. The standard InChI is InChI=1S/C21H20O2Se/c1-22-17-11-7-15(8-12-17)19-5-4-6-20(21(19)24-3)16-9-13-18(23-2)14-10-16/h4-14H,1-3H3. The molecule has 0 bridgehead atoms. The van der Waals surface area contributed by atoms with Crippen LogP contribution in [0.25, 0.3) is 22.3 Å². The number of hydrogen-bond acceptors (Lipinski definition) is 2. The van der Waals surface area contributed by atoms with Gasteiger partial charge >= 0.3 is 149 Å². The molecule has 0 saturated carbocycles. The summed E-state index contributed by atoms with van der Waals surface area (Å²) in [4.78, 5) is 0. The third kappa shape index (κ3) is 3.33. The van der Waals surface area contributed by atoms with Crippen molar-refractivity contribution in [3.8, 4) is 33.8 Å². The van der Waals surface area contributed by atoms with Crippen LogP contribution in [-0.4, -0.2) is 29.2 Å². The van der Waals surface area contributed by atoms with E-state index in [1.807, 2.05) is 24.3 Å². The quantitative estimate of drug-likeness (QED) is 0.608. The normalized spacial score (nSPS) is 10.5. The van der Waals surface area contributed by atoms with Gasteiger partial charge in [0.25, 0.3) is 0 Å². The molecule has 3 aromatic rings. The molecule has 24 heavy (non-hydrogen) atoms. The predicted octanol–water partition coefficient (Wildman–Crippen LogP) is 4.42. The number of methoxy groups -OCH3 is 2. The van der Waals surface area contributed by atoms with Crippen LogP contribution < -0.4 is 13.9 Å². The molecule has 0 aromatic heterocycles. The topological polar surface area (TPSA) is 18.5 Å². The average Bonchev–Trinajstić information content (AvgIpc) is 2.67. The average molecular weight is 383 g/mol. The van der Waals surface area contributed by atoms with Crippen molar-refractivity contribution in [1.29, 1.82) is 0 Å². The van der Waals surface area contributed by atoms with Crippen LogP contribution in [0.4, 0.5) is 0 Å². The van der Waals surface area contributed by atoms with E-state index in [-0.39, 0.29) is 0 Å². The molecule has 0 radical (unpaired) electrons. The van der Waals surface area contributed by atoms with Crippen molar-refractivity contribution in [2.24, 2.45) is 0 Å². The van der Waals surface area contributed by atoms with Gasteiger partial charge in [-0.2, -0.15) is 0 Å². The Labute approximate surface area is 149 Å². The molecular weight excluding hydrogens is 363 g/mol. The number of ether oxygens (including phenoxy) is 2. The van der Waals surface area contributed by atoms with Crippen LogP contribution in [0.3, 0.4) is 0 Å². The molecule has 0 unspecified atom stereocenters. The Morgan fingerprint density at radius 3 is 1.38 bits per heavy atom. The molecule has 0 aliphatic heterocycles. The fourth-order valence-corrected chi connectivity index (χ4v) is 4.46. The van der Waals surface area contributed by atoms with Gasteiger partial charge in [0.15, 0.2) is 0 Å². The van der Waals surface area contributed by atoms with E-state index in [9.17, 15) is 0 Å². The molecule has 0 amide bonds. The molecule has 0 aliphatic carbocycles. The number of benzene rings is 3. The van der Waals surface area contributed by atoms with Gasteiger partial charge in [-0.3, -0.25) is 0 Å². The maximum absolute atomic E-state index is 5.27. The van der Waals surface area contributed by atoms with Crippen LogP contribution in [-0.2, 0) is 0 Å². The second-order valence-corrected chi connectivity index (χ2v) is 7.06. The van der Waals surface area contributed by atoms with E-state index in [1.54, 1.807) is 14.2 Å². The zero-order chi connectivity index (χ0) is 16.9. The Morgan fingerprint density at radius 1 is 0.625 bits per heavy atom. The molecule has 3 rings (SSSR count). The summed E-state index contributed by atoms with van der Waals surface area (Å²) < 4.78 is 12.0. The molecule has 0 spiro atoms. The number of hydrogen-bond donors (Lipinski definition) is 0. The first kappa shape index (κ1) is 16.6. The molecule has 0 saturated heterocycles. The van der Waals surface area contributed by atoms with Gasteiger partial charge in [-0.05, 0) is 0 Å². The van der Waals surface area contributed by atoms with Crippen LogP contribution >= 0.6 is 0 Å². The van der Waals surface area contributed by atoms with Crippen molar-refractivity contribution in [2.45, 2.75) is 5.82 Å².